The predicted molar refractivity (Wildman–Crippen MR) is 173 cm³/mol. The fourth-order valence-electron chi connectivity index (χ4n) is 6.46. The van der Waals surface area contributed by atoms with E-state index in [1.807, 2.05) is 0 Å². The number of likely N-dealkylation sites (N-methyl/N-ethyl adjacent to an activating group) is 1. The second-order valence-electron chi connectivity index (χ2n) is 14.0. The number of carbonyl (C=O) groups excluding carboxylic acids is 4. The molecule has 1 aliphatic carbocycles. The van der Waals surface area contributed by atoms with Gasteiger partial charge in [-0.25, -0.2) is 0 Å². The van der Waals surface area contributed by atoms with E-state index in [2.05, 4.69) is 77.9 Å². The number of hydrogen-bond acceptors (Lipinski definition) is 11. The lowest BCUT2D eigenvalue weighted by molar-refractivity contribution is -0.193. The molecule has 0 amide bonds. The topological polar surface area (TPSA) is 146 Å². The Morgan fingerprint density at radius 3 is 1.84 bits per heavy atom. The van der Waals surface area contributed by atoms with E-state index in [0.717, 1.165) is 50.0 Å². The normalized spacial score (nSPS) is 26.2. The quantitative estimate of drug-likeness (QED) is 0.274. The van der Waals surface area contributed by atoms with E-state index in [4.69, 9.17) is 38.5 Å². The molecule has 256 valence electrons. The van der Waals surface area contributed by atoms with Gasteiger partial charge < -0.3 is 34.5 Å². The number of hydrogen-bond donors (Lipinski definition) is 3. The lowest BCUT2D eigenvalue weighted by Gasteiger charge is -2.32. The van der Waals surface area contributed by atoms with Gasteiger partial charge in [0.2, 0.25) is 0 Å². The molecule has 0 aromatic rings. The molecular formula is C31H63B2N3O8. The van der Waals surface area contributed by atoms with Crippen molar-refractivity contribution in [3.8, 4) is 0 Å². The van der Waals surface area contributed by atoms with Gasteiger partial charge in [0.1, 0.15) is 0 Å². The van der Waals surface area contributed by atoms with Gasteiger partial charge in [-0.2, -0.15) is 19.2 Å². The van der Waals surface area contributed by atoms with Crippen LogP contribution >= 0.6 is 0 Å². The maximum Gasteiger partial charge on any atom is 0.457 e. The fraction of sp³-hybridized carbons (Fsp3) is 0.935. The second kappa shape index (κ2) is 23.0. The second-order valence-corrected chi connectivity index (χ2v) is 14.0. The molecule has 3 fully saturated rings. The van der Waals surface area contributed by atoms with Crippen LogP contribution in [0.25, 0.3) is 0 Å². The Hall–Kier alpha value is -1.39. The molecule has 3 N–H and O–H groups in total. The van der Waals surface area contributed by atoms with Crippen molar-refractivity contribution >= 4 is 26.5 Å². The highest BCUT2D eigenvalue weighted by Gasteiger charge is 2.50. The van der Waals surface area contributed by atoms with Gasteiger partial charge in [-0.3, -0.25) is 0 Å². The molecule has 0 radical (unpaired) electrons. The highest BCUT2D eigenvalue weighted by molar-refractivity contribution is 6.45. The lowest BCUT2D eigenvalue weighted by atomic mass is 9.80. The van der Waals surface area contributed by atoms with Gasteiger partial charge in [0.25, 0.3) is 0 Å². The van der Waals surface area contributed by atoms with E-state index in [1.165, 1.54) is 38.6 Å². The molecule has 0 bridgehead atoms. The van der Waals surface area contributed by atoms with Crippen LogP contribution in [0.4, 0.5) is 0 Å². The molecule has 0 aromatic carbocycles. The van der Waals surface area contributed by atoms with Crippen molar-refractivity contribution in [3.63, 3.8) is 0 Å². The van der Waals surface area contributed by atoms with Gasteiger partial charge in [0, 0.05) is 19.1 Å². The summed E-state index contributed by atoms with van der Waals surface area (Å²) >= 11 is 0. The zero-order chi connectivity index (χ0) is 33.2. The SMILES string of the molecule is C.CN(C)C[C@@H]1C[C@@H](CCCB(O)O)CN1.C[C@H]1CC(CN(C)C)C[C@H]1CCCB1OC(C)(C)C(C)(C)O1.O=C=O.O=C=O. The maximum absolute atomic E-state index is 8.73. The van der Waals surface area contributed by atoms with Gasteiger partial charge in [0.15, 0.2) is 0 Å². The zero-order valence-corrected chi connectivity index (χ0v) is 28.3. The van der Waals surface area contributed by atoms with E-state index in [0.29, 0.717) is 18.3 Å². The number of nitrogens with one attached hydrogen (secondary N) is 1. The van der Waals surface area contributed by atoms with E-state index < -0.39 is 7.12 Å². The van der Waals surface area contributed by atoms with Crippen molar-refractivity contribution in [1.82, 2.24) is 15.1 Å². The highest BCUT2D eigenvalue weighted by Crippen LogP contribution is 2.41. The molecule has 0 aromatic heterocycles. The Bertz CT molecular complexity index is 792. The summed E-state index contributed by atoms with van der Waals surface area (Å²) in [5.41, 5.74) is -0.371. The van der Waals surface area contributed by atoms with Crippen LogP contribution < -0.4 is 5.32 Å². The molecule has 2 heterocycles. The van der Waals surface area contributed by atoms with Crippen molar-refractivity contribution in [1.29, 1.82) is 0 Å². The summed E-state index contributed by atoms with van der Waals surface area (Å²) in [6.45, 7) is 14.4. The zero-order valence-electron chi connectivity index (χ0n) is 28.3. The third kappa shape index (κ3) is 18.5. The first-order valence-electron chi connectivity index (χ1n) is 15.7. The van der Waals surface area contributed by atoms with Gasteiger partial charge in [-0.15, -0.1) is 0 Å². The summed E-state index contributed by atoms with van der Waals surface area (Å²) in [6.07, 6.45) is 10.6. The molecule has 3 rings (SSSR count). The van der Waals surface area contributed by atoms with Gasteiger partial charge in [0.05, 0.1) is 11.2 Å². The van der Waals surface area contributed by atoms with Crippen LogP contribution in [-0.4, -0.2) is 111 Å². The first kappa shape index (κ1) is 44.7. The van der Waals surface area contributed by atoms with Gasteiger partial charge >= 0.3 is 26.5 Å². The molecular weight excluding hydrogens is 564 g/mol. The van der Waals surface area contributed by atoms with Crippen LogP contribution in [0, 0.1) is 23.7 Å². The molecule has 0 spiro atoms. The van der Waals surface area contributed by atoms with Crippen LogP contribution in [0.2, 0.25) is 12.6 Å². The monoisotopic (exact) mass is 627 g/mol. The van der Waals surface area contributed by atoms with E-state index >= 15 is 0 Å². The largest absolute Gasteiger partial charge is 0.457 e. The predicted octanol–water partition coefficient (Wildman–Crippen LogP) is 3.33. The minimum Gasteiger partial charge on any atom is -0.427 e. The molecule has 11 nitrogen and oxygen atoms in total. The Morgan fingerprint density at radius 2 is 1.36 bits per heavy atom. The van der Waals surface area contributed by atoms with Crippen molar-refractivity contribution in [2.45, 2.75) is 117 Å². The maximum atomic E-state index is 8.73. The van der Waals surface area contributed by atoms with Crippen molar-refractivity contribution in [3.05, 3.63) is 0 Å². The average molecular weight is 627 g/mol. The van der Waals surface area contributed by atoms with Crippen LogP contribution in [0.1, 0.15) is 87.0 Å². The van der Waals surface area contributed by atoms with Crippen LogP contribution in [0.3, 0.4) is 0 Å². The number of nitrogens with zero attached hydrogens (tertiary/aromatic N) is 2. The third-order valence-electron chi connectivity index (χ3n) is 9.06. The average Bonchev–Trinajstić information content (AvgIpc) is 3.49. The van der Waals surface area contributed by atoms with Crippen LogP contribution in [0.5, 0.6) is 0 Å². The summed E-state index contributed by atoms with van der Waals surface area (Å²) in [5, 5.41) is 21.0. The third-order valence-corrected chi connectivity index (χ3v) is 9.06. The first-order chi connectivity index (χ1) is 20.0. The van der Waals surface area contributed by atoms with Crippen molar-refractivity contribution in [2.75, 3.05) is 47.8 Å². The summed E-state index contributed by atoms with van der Waals surface area (Å²) in [4.78, 5) is 37.0. The van der Waals surface area contributed by atoms with Crippen molar-refractivity contribution < 1.29 is 38.5 Å². The minimum atomic E-state index is -1.13. The van der Waals surface area contributed by atoms with Gasteiger partial charge in [-0.05, 0) is 124 Å². The molecule has 2 saturated heterocycles. The standard InChI is InChI=1S/C18H36BNO2.C10H23BN2O2.2CO2.CH4/c1-14-11-15(13-20(6)7)12-16(14)9-8-10-19-21-17(2,3)18(4,5)22-19;1-13(2)8-10-6-9(7-12-10)4-3-5-11(14)15;2*2-1-3;/h14-16H,8-13H2,1-7H3;9-10,12,14-15H,3-8H2,1-2H3;;;1H4/t14-,15?,16+;9-,10+;;;/m01.../s1. The summed E-state index contributed by atoms with van der Waals surface area (Å²) in [5.74, 6) is 3.39. The minimum absolute atomic E-state index is 0. The molecule has 44 heavy (non-hydrogen) atoms. The molecule has 5 atom stereocenters. The van der Waals surface area contributed by atoms with Crippen molar-refractivity contribution in [2.24, 2.45) is 23.7 Å². The Labute approximate surface area is 268 Å². The highest BCUT2D eigenvalue weighted by atomic mass is 16.7. The Kier molecular flexibility index (Phi) is 23.4. The Morgan fingerprint density at radius 1 is 0.841 bits per heavy atom. The molecule has 1 saturated carbocycles. The fourth-order valence-corrected chi connectivity index (χ4v) is 6.46. The van der Waals surface area contributed by atoms with Gasteiger partial charge in [-0.1, -0.05) is 33.6 Å². The summed E-state index contributed by atoms with van der Waals surface area (Å²) < 4.78 is 12.2. The molecule has 1 unspecified atom stereocenters. The van der Waals surface area contributed by atoms with E-state index in [9.17, 15) is 0 Å². The molecule has 2 aliphatic heterocycles. The summed E-state index contributed by atoms with van der Waals surface area (Å²) in [7, 11) is 7.43. The van der Waals surface area contributed by atoms with E-state index in [1.54, 1.807) is 0 Å². The molecule has 3 aliphatic rings. The van der Waals surface area contributed by atoms with Crippen LogP contribution in [-0.2, 0) is 28.5 Å². The lowest BCUT2D eigenvalue weighted by Crippen LogP contribution is -2.41. The summed E-state index contributed by atoms with van der Waals surface area (Å²) in [6, 6.07) is 0.615. The first-order valence-corrected chi connectivity index (χ1v) is 15.7. The van der Waals surface area contributed by atoms with E-state index in [-0.39, 0.29) is 38.1 Å². The molecule has 13 heteroatoms. The Balaban J connectivity index is 0. The number of rotatable bonds is 12. The van der Waals surface area contributed by atoms with Crippen LogP contribution in [0.15, 0.2) is 0 Å². The smallest absolute Gasteiger partial charge is 0.427 e.